The van der Waals surface area contributed by atoms with Gasteiger partial charge in [-0.1, -0.05) is 0 Å². The lowest BCUT2D eigenvalue weighted by atomic mass is 9.92. The summed E-state index contributed by atoms with van der Waals surface area (Å²) in [6, 6.07) is 2.21. The van der Waals surface area contributed by atoms with Crippen LogP contribution in [0.2, 0.25) is 0 Å². The Morgan fingerprint density at radius 3 is 2.70 bits per heavy atom. The highest BCUT2D eigenvalue weighted by Crippen LogP contribution is 2.21. The molecule has 0 atom stereocenters. The zero-order chi connectivity index (χ0) is 8.04. The summed E-state index contributed by atoms with van der Waals surface area (Å²) < 4.78 is 5.02. The van der Waals surface area contributed by atoms with Gasteiger partial charge in [-0.25, -0.2) is 0 Å². The van der Waals surface area contributed by atoms with Crippen LogP contribution in [0.1, 0.15) is 20.3 Å². The van der Waals surface area contributed by atoms with Crippen molar-refractivity contribution in [3.8, 4) is 6.07 Å². The van der Waals surface area contributed by atoms with Crippen LogP contribution in [0.25, 0.3) is 0 Å². The fraction of sp³-hybridized carbons (Fsp3) is 0.833. The van der Waals surface area contributed by atoms with Gasteiger partial charge >= 0.3 is 0 Å². The maximum absolute atomic E-state index is 8.58. The third kappa shape index (κ3) is 5.33. The first kappa shape index (κ1) is 10.5. The predicted molar refractivity (Wildman–Crippen MR) is 51.6 cm³/mol. The third-order valence-corrected chi connectivity index (χ3v) is 2.18. The average Bonchev–Trinajstić information content (AvgIpc) is 1.89. The van der Waals surface area contributed by atoms with E-state index in [9.17, 15) is 0 Å². The van der Waals surface area contributed by atoms with Crippen LogP contribution in [-0.4, -0.2) is 6.61 Å². The van der Waals surface area contributed by atoms with E-state index in [2.05, 4.69) is 27.3 Å². The molecule has 0 rings (SSSR count). The number of nitrogens with zero attached hydrogens (tertiary/aromatic N) is 1. The number of halogens is 1. The van der Waals surface area contributed by atoms with Gasteiger partial charge in [-0.15, -0.1) is 0 Å². The Kier molecular flexibility index (Phi) is 5.49. The Hall–Kier alpha value is 0.530. The van der Waals surface area contributed by atoms with E-state index in [1.165, 1.54) is 9.21 Å². The minimum Gasteiger partial charge on any atom is -0.305 e. The summed E-state index contributed by atoms with van der Waals surface area (Å²) in [6.45, 7) is 4.47. The van der Waals surface area contributed by atoms with Crippen molar-refractivity contribution in [3.63, 3.8) is 0 Å². The predicted octanol–water partition coefficient (Wildman–Crippen LogP) is 2.94. The van der Waals surface area contributed by atoms with Gasteiger partial charge in [-0.2, -0.15) is 5.26 Å². The fourth-order valence-electron chi connectivity index (χ4n) is 0.384. The van der Waals surface area contributed by atoms with E-state index in [0.29, 0.717) is 6.61 Å². The van der Waals surface area contributed by atoms with Gasteiger partial charge < -0.3 is 4.18 Å². The van der Waals surface area contributed by atoms with E-state index in [0.717, 1.165) is 6.42 Å². The Balaban J connectivity index is 3.40. The minimum atomic E-state index is -0.244. The lowest BCUT2D eigenvalue weighted by molar-refractivity contribution is 0.304. The third-order valence-electron chi connectivity index (χ3n) is 1.16. The molecule has 0 fully saturated rings. The van der Waals surface area contributed by atoms with Gasteiger partial charge in [0.15, 0.2) is 0 Å². The first-order valence-electron chi connectivity index (χ1n) is 2.94. The molecule has 2 nitrogen and oxygen atoms in total. The molecule has 0 aliphatic heterocycles. The maximum atomic E-state index is 8.58. The number of hydrogen-bond acceptors (Lipinski definition) is 3. The zero-order valence-corrected chi connectivity index (χ0v) is 9.03. The van der Waals surface area contributed by atoms with Crippen LogP contribution in [0.5, 0.6) is 0 Å². The first-order chi connectivity index (χ1) is 4.62. The van der Waals surface area contributed by atoms with Crippen LogP contribution in [0.15, 0.2) is 0 Å². The van der Waals surface area contributed by atoms with Crippen molar-refractivity contribution in [2.45, 2.75) is 20.3 Å². The van der Waals surface area contributed by atoms with Crippen molar-refractivity contribution in [1.82, 2.24) is 0 Å². The zero-order valence-electron chi connectivity index (χ0n) is 6.06. The molecule has 0 heterocycles. The van der Waals surface area contributed by atoms with Gasteiger partial charge in [0.25, 0.3) is 0 Å². The van der Waals surface area contributed by atoms with Gasteiger partial charge in [0, 0.05) is 21.2 Å². The molecule has 0 radical (unpaired) electrons. The summed E-state index contributed by atoms with van der Waals surface area (Å²) in [5.74, 6) is 0. The molecule has 0 saturated heterocycles. The van der Waals surface area contributed by atoms with Gasteiger partial charge in [0.05, 0.1) is 27.3 Å². The minimum absolute atomic E-state index is 0.244. The molecule has 4 heteroatoms. The molecule has 0 aliphatic rings. The molecule has 58 valence electrons. The van der Waals surface area contributed by atoms with E-state index in [4.69, 9.17) is 9.44 Å². The summed E-state index contributed by atoms with van der Waals surface area (Å²) in [5, 5.41) is 8.58. The van der Waals surface area contributed by atoms with Crippen molar-refractivity contribution in [3.05, 3.63) is 0 Å². The van der Waals surface area contributed by atoms with Crippen LogP contribution in [0, 0.1) is 16.7 Å². The van der Waals surface area contributed by atoms with Gasteiger partial charge in [0.1, 0.15) is 0 Å². The summed E-state index contributed by atoms with van der Waals surface area (Å²) in [4.78, 5) is 0. The van der Waals surface area contributed by atoms with Gasteiger partial charge in [-0.3, -0.25) is 0 Å². The summed E-state index contributed by atoms with van der Waals surface area (Å²) in [7, 11) is 1.31. The molecule has 0 unspecified atom stereocenters. The van der Waals surface area contributed by atoms with Gasteiger partial charge in [-0.05, 0) is 20.3 Å². The topological polar surface area (TPSA) is 33.0 Å². The van der Waals surface area contributed by atoms with Crippen molar-refractivity contribution in [2.24, 2.45) is 5.41 Å². The Bertz CT molecular complexity index is 132. The highest BCUT2D eigenvalue weighted by Gasteiger charge is 2.15. The molecule has 0 amide bonds. The monoisotopic (exact) mass is 271 g/mol. The highest BCUT2D eigenvalue weighted by molar-refractivity contribution is 14.2. The second-order valence-corrected chi connectivity index (χ2v) is 4.07. The molecule has 0 aromatic carbocycles. The van der Waals surface area contributed by atoms with E-state index in [-0.39, 0.29) is 5.41 Å². The molecule has 0 saturated carbocycles. The van der Waals surface area contributed by atoms with E-state index in [1.807, 2.05) is 13.8 Å². The SMILES string of the molecule is CC(C)(C#N)CCOSI. The summed E-state index contributed by atoms with van der Waals surface area (Å²) in [5.41, 5.74) is -0.244. The average molecular weight is 271 g/mol. The van der Waals surface area contributed by atoms with Crippen molar-refractivity contribution in [2.75, 3.05) is 6.61 Å². The number of rotatable bonds is 4. The number of nitriles is 1. The molecular weight excluding hydrogens is 261 g/mol. The van der Waals surface area contributed by atoms with E-state index in [1.54, 1.807) is 0 Å². The molecule has 0 aromatic heterocycles. The Morgan fingerprint density at radius 1 is 1.70 bits per heavy atom. The largest absolute Gasteiger partial charge is 0.305 e. The Morgan fingerprint density at radius 2 is 2.30 bits per heavy atom. The van der Waals surface area contributed by atoms with Gasteiger partial charge in [0.2, 0.25) is 0 Å². The lowest BCUT2D eigenvalue weighted by Crippen LogP contribution is -2.09. The molecule has 0 spiro atoms. The smallest absolute Gasteiger partial charge is 0.0684 e. The standard InChI is InChI=1S/C6H10INOS/c1-6(2,5-8)3-4-9-10-7/h3-4H2,1-2H3. The quantitative estimate of drug-likeness (QED) is 0.447. The van der Waals surface area contributed by atoms with Crippen molar-refractivity contribution < 1.29 is 4.18 Å². The van der Waals surface area contributed by atoms with Crippen LogP contribution in [0.3, 0.4) is 0 Å². The summed E-state index contributed by atoms with van der Waals surface area (Å²) in [6.07, 6.45) is 0.791. The fourth-order valence-corrected chi connectivity index (χ4v) is 1.07. The van der Waals surface area contributed by atoms with Crippen LogP contribution >= 0.6 is 30.4 Å². The molecule has 0 aromatic rings. The Labute approximate surface area is 78.1 Å². The first-order valence-corrected chi connectivity index (χ1v) is 6.22. The molecule has 0 N–H and O–H groups in total. The lowest BCUT2D eigenvalue weighted by Gasteiger charge is -2.12. The summed E-state index contributed by atoms with van der Waals surface area (Å²) >= 11 is 2.06. The number of hydrogen-bond donors (Lipinski definition) is 0. The van der Waals surface area contributed by atoms with E-state index < -0.39 is 0 Å². The van der Waals surface area contributed by atoms with Crippen LogP contribution in [-0.2, 0) is 4.18 Å². The normalized spacial score (nSPS) is 11.0. The van der Waals surface area contributed by atoms with Crippen molar-refractivity contribution in [1.29, 1.82) is 5.26 Å². The van der Waals surface area contributed by atoms with E-state index >= 15 is 0 Å². The molecule has 0 aliphatic carbocycles. The second kappa shape index (κ2) is 5.22. The second-order valence-electron chi connectivity index (χ2n) is 2.63. The van der Waals surface area contributed by atoms with Crippen LogP contribution in [0.4, 0.5) is 0 Å². The molecule has 0 bridgehead atoms. The molecule has 10 heavy (non-hydrogen) atoms. The molecular formula is C6H10INOS. The van der Waals surface area contributed by atoms with Crippen molar-refractivity contribution >= 4 is 30.4 Å². The van der Waals surface area contributed by atoms with Crippen LogP contribution < -0.4 is 0 Å². The highest BCUT2D eigenvalue weighted by atomic mass is 127. The maximum Gasteiger partial charge on any atom is 0.0684 e.